The van der Waals surface area contributed by atoms with Gasteiger partial charge in [-0.15, -0.1) is 0 Å². The summed E-state index contributed by atoms with van der Waals surface area (Å²) in [4.78, 5) is 24.9. The Morgan fingerprint density at radius 2 is 1.66 bits per heavy atom. The molecule has 0 aliphatic carbocycles. The van der Waals surface area contributed by atoms with Gasteiger partial charge in [0.2, 0.25) is 0 Å². The van der Waals surface area contributed by atoms with E-state index in [1.54, 1.807) is 66.7 Å². The zero-order valence-electron chi connectivity index (χ0n) is 19.4. The standard InChI is InChI=1S/C27H25N3O5/c1-3-34-25-16-19(15-20(17-28)27(32)29-21-9-5-4-6-10-21)13-14-24(25)35-18-26(31)30-22-11-7-8-12-23(22)33-2/h4-16H,3,18H2,1-2H3,(H,29,32)(H,30,31)/b20-15-. The fraction of sp³-hybridized carbons (Fsp3) is 0.148. The first-order chi connectivity index (χ1) is 17.0. The summed E-state index contributed by atoms with van der Waals surface area (Å²) in [6.45, 7) is 1.92. The molecule has 0 aromatic heterocycles. The van der Waals surface area contributed by atoms with Crippen LogP contribution in [0.15, 0.2) is 78.4 Å². The van der Waals surface area contributed by atoms with E-state index in [9.17, 15) is 14.9 Å². The molecule has 3 aromatic carbocycles. The first kappa shape index (κ1) is 24.9. The zero-order chi connectivity index (χ0) is 25.0. The Kier molecular flexibility index (Phi) is 8.85. The van der Waals surface area contributed by atoms with Gasteiger partial charge in [-0.1, -0.05) is 36.4 Å². The van der Waals surface area contributed by atoms with E-state index in [4.69, 9.17) is 14.2 Å². The van der Waals surface area contributed by atoms with Crippen LogP contribution < -0.4 is 24.8 Å². The average molecular weight is 472 g/mol. The van der Waals surface area contributed by atoms with Gasteiger partial charge in [0, 0.05) is 5.69 Å². The number of anilines is 2. The number of rotatable bonds is 10. The van der Waals surface area contributed by atoms with E-state index in [-0.39, 0.29) is 18.1 Å². The third kappa shape index (κ3) is 7.11. The van der Waals surface area contributed by atoms with Crippen LogP contribution in [0.5, 0.6) is 17.2 Å². The predicted octanol–water partition coefficient (Wildman–Crippen LogP) is 4.66. The largest absolute Gasteiger partial charge is 0.495 e. The summed E-state index contributed by atoms with van der Waals surface area (Å²) in [5, 5.41) is 14.9. The highest BCUT2D eigenvalue weighted by molar-refractivity contribution is 6.09. The molecule has 2 N–H and O–H groups in total. The Labute approximate surface area is 203 Å². The maximum absolute atomic E-state index is 12.5. The van der Waals surface area contributed by atoms with Crippen molar-refractivity contribution >= 4 is 29.3 Å². The minimum absolute atomic E-state index is 0.0684. The van der Waals surface area contributed by atoms with Crippen LogP contribution in [-0.4, -0.2) is 32.1 Å². The monoisotopic (exact) mass is 471 g/mol. The molecule has 0 aliphatic rings. The maximum atomic E-state index is 12.5. The predicted molar refractivity (Wildman–Crippen MR) is 133 cm³/mol. The van der Waals surface area contributed by atoms with Crippen LogP contribution in [0.25, 0.3) is 6.08 Å². The van der Waals surface area contributed by atoms with Crippen LogP contribution in [0.1, 0.15) is 12.5 Å². The lowest BCUT2D eigenvalue weighted by molar-refractivity contribution is -0.118. The van der Waals surface area contributed by atoms with Crippen molar-refractivity contribution in [2.24, 2.45) is 0 Å². The second-order valence-corrected chi connectivity index (χ2v) is 7.17. The normalized spacial score (nSPS) is 10.6. The van der Waals surface area contributed by atoms with Crippen LogP contribution in [-0.2, 0) is 9.59 Å². The number of hydrogen-bond donors (Lipinski definition) is 2. The molecule has 35 heavy (non-hydrogen) atoms. The summed E-state index contributed by atoms with van der Waals surface area (Å²) in [7, 11) is 1.52. The number of hydrogen-bond acceptors (Lipinski definition) is 6. The van der Waals surface area contributed by atoms with Crippen molar-refractivity contribution in [1.29, 1.82) is 5.26 Å². The number of methoxy groups -OCH3 is 1. The lowest BCUT2D eigenvalue weighted by atomic mass is 10.1. The maximum Gasteiger partial charge on any atom is 0.266 e. The Morgan fingerprint density at radius 3 is 2.37 bits per heavy atom. The Morgan fingerprint density at radius 1 is 0.914 bits per heavy atom. The fourth-order valence-electron chi connectivity index (χ4n) is 3.11. The van der Waals surface area contributed by atoms with Crippen LogP contribution in [0.2, 0.25) is 0 Å². The van der Waals surface area contributed by atoms with Crippen molar-refractivity contribution in [3.05, 3.63) is 83.9 Å². The van der Waals surface area contributed by atoms with Crippen molar-refractivity contribution in [3.63, 3.8) is 0 Å². The van der Waals surface area contributed by atoms with Gasteiger partial charge < -0.3 is 24.8 Å². The Balaban J connectivity index is 1.71. The van der Waals surface area contributed by atoms with Gasteiger partial charge in [0.1, 0.15) is 17.4 Å². The summed E-state index contributed by atoms with van der Waals surface area (Å²) >= 11 is 0. The molecule has 0 unspecified atom stereocenters. The van der Waals surface area contributed by atoms with Gasteiger partial charge in [-0.25, -0.2) is 0 Å². The van der Waals surface area contributed by atoms with E-state index in [1.807, 2.05) is 19.1 Å². The van der Waals surface area contributed by atoms with Gasteiger partial charge in [-0.2, -0.15) is 5.26 Å². The molecule has 0 atom stereocenters. The first-order valence-electron chi connectivity index (χ1n) is 10.8. The summed E-state index contributed by atoms with van der Waals surface area (Å²) in [5.41, 5.74) is 1.62. The molecule has 178 valence electrons. The Hall–Kier alpha value is -4.77. The van der Waals surface area contributed by atoms with E-state index in [0.717, 1.165) is 0 Å². The van der Waals surface area contributed by atoms with Crippen LogP contribution >= 0.6 is 0 Å². The van der Waals surface area contributed by atoms with Crippen LogP contribution in [0.4, 0.5) is 11.4 Å². The number of benzene rings is 3. The molecule has 8 heteroatoms. The van der Waals surface area contributed by atoms with Gasteiger partial charge in [0.25, 0.3) is 11.8 Å². The van der Waals surface area contributed by atoms with Crippen molar-refractivity contribution in [2.75, 3.05) is 31.0 Å². The SMILES string of the molecule is CCOc1cc(/C=C(/C#N)C(=O)Nc2ccccc2)ccc1OCC(=O)Nc1ccccc1OC. The number of nitrogens with zero attached hydrogens (tertiary/aromatic N) is 1. The highest BCUT2D eigenvalue weighted by atomic mass is 16.5. The highest BCUT2D eigenvalue weighted by Gasteiger charge is 2.13. The lowest BCUT2D eigenvalue weighted by Gasteiger charge is -2.14. The van der Waals surface area contributed by atoms with Crippen molar-refractivity contribution in [3.8, 4) is 23.3 Å². The molecular formula is C27H25N3O5. The second-order valence-electron chi connectivity index (χ2n) is 7.17. The molecule has 8 nitrogen and oxygen atoms in total. The topological polar surface area (TPSA) is 110 Å². The minimum atomic E-state index is -0.523. The van der Waals surface area contributed by atoms with Crippen molar-refractivity contribution in [2.45, 2.75) is 6.92 Å². The minimum Gasteiger partial charge on any atom is -0.495 e. The third-order valence-electron chi connectivity index (χ3n) is 4.72. The second kappa shape index (κ2) is 12.5. The number of nitriles is 1. The molecule has 0 aliphatic heterocycles. The number of amides is 2. The van der Waals surface area contributed by atoms with Gasteiger partial charge in [0.05, 0.1) is 19.4 Å². The third-order valence-corrected chi connectivity index (χ3v) is 4.72. The molecule has 0 saturated heterocycles. The Bertz CT molecular complexity index is 1250. The van der Waals surface area contributed by atoms with Gasteiger partial charge in [0.15, 0.2) is 18.1 Å². The molecule has 0 spiro atoms. The summed E-state index contributed by atoms with van der Waals surface area (Å²) in [6, 6.07) is 22.8. The lowest BCUT2D eigenvalue weighted by Crippen LogP contribution is -2.20. The average Bonchev–Trinajstić information content (AvgIpc) is 2.87. The number of nitrogens with one attached hydrogen (secondary N) is 2. The molecule has 2 amide bonds. The fourth-order valence-corrected chi connectivity index (χ4v) is 3.11. The molecule has 0 radical (unpaired) electrons. The smallest absolute Gasteiger partial charge is 0.266 e. The van der Waals surface area contributed by atoms with E-state index >= 15 is 0 Å². The van der Waals surface area contributed by atoms with Crippen molar-refractivity contribution < 1.29 is 23.8 Å². The summed E-state index contributed by atoms with van der Waals surface area (Å²) in [6.07, 6.45) is 1.46. The zero-order valence-corrected chi connectivity index (χ0v) is 19.4. The molecule has 0 fully saturated rings. The van der Waals surface area contributed by atoms with E-state index in [0.29, 0.717) is 40.8 Å². The van der Waals surface area contributed by atoms with E-state index in [1.165, 1.54) is 13.2 Å². The first-order valence-corrected chi connectivity index (χ1v) is 10.8. The number of carbonyl (C=O) groups excluding carboxylic acids is 2. The van der Waals surface area contributed by atoms with Crippen LogP contribution in [0.3, 0.4) is 0 Å². The summed E-state index contributed by atoms with van der Waals surface area (Å²) in [5.74, 6) is 0.380. The number of ether oxygens (including phenoxy) is 3. The molecule has 3 aromatic rings. The molecule has 0 saturated carbocycles. The van der Waals surface area contributed by atoms with Crippen LogP contribution in [0, 0.1) is 11.3 Å². The summed E-state index contributed by atoms with van der Waals surface area (Å²) < 4.78 is 16.5. The molecular weight excluding hydrogens is 446 g/mol. The molecule has 0 bridgehead atoms. The molecule has 0 heterocycles. The quantitative estimate of drug-likeness (QED) is 0.329. The van der Waals surface area contributed by atoms with Crippen molar-refractivity contribution in [1.82, 2.24) is 0 Å². The van der Waals surface area contributed by atoms with E-state index < -0.39 is 5.91 Å². The number of para-hydroxylation sites is 3. The highest BCUT2D eigenvalue weighted by Crippen LogP contribution is 2.30. The van der Waals surface area contributed by atoms with E-state index in [2.05, 4.69) is 10.6 Å². The molecule has 3 rings (SSSR count). The van der Waals surface area contributed by atoms with Gasteiger partial charge >= 0.3 is 0 Å². The number of carbonyl (C=O) groups is 2. The van der Waals surface area contributed by atoms with Gasteiger partial charge in [-0.3, -0.25) is 9.59 Å². The van der Waals surface area contributed by atoms with Gasteiger partial charge in [-0.05, 0) is 55.0 Å².